The molecule has 0 saturated heterocycles. The Kier molecular flexibility index (Phi) is 3.57. The number of nitrogens with zero attached hydrogens (tertiary/aromatic N) is 4. The van der Waals surface area contributed by atoms with Crippen LogP contribution in [0, 0.1) is 6.92 Å². The Morgan fingerprint density at radius 2 is 2.12 bits per heavy atom. The predicted molar refractivity (Wildman–Crippen MR) is 88.0 cm³/mol. The van der Waals surface area contributed by atoms with E-state index in [-0.39, 0.29) is 13.2 Å². The number of aromatic nitrogens is 2. The first-order valence-electron chi connectivity index (χ1n) is 7.61. The van der Waals surface area contributed by atoms with E-state index in [2.05, 4.69) is 15.2 Å². The number of hydrogen-bond donors (Lipinski definition) is 1. The first kappa shape index (κ1) is 15.1. The van der Waals surface area contributed by atoms with Crippen molar-refractivity contribution in [2.75, 3.05) is 6.79 Å². The number of aliphatic carboxylic acids is 1. The monoisotopic (exact) mass is 338 g/mol. The number of ether oxygens (including phenoxy) is 2. The maximum atomic E-state index is 11.1. The molecule has 0 amide bonds. The second kappa shape index (κ2) is 5.90. The predicted octanol–water partition coefficient (Wildman–Crippen LogP) is 3.41. The van der Waals surface area contributed by atoms with Crippen LogP contribution in [0.4, 0.5) is 11.5 Å². The van der Waals surface area contributed by atoms with Gasteiger partial charge in [0.15, 0.2) is 17.3 Å². The molecule has 3 heterocycles. The van der Waals surface area contributed by atoms with Crippen LogP contribution in [0.1, 0.15) is 11.3 Å². The zero-order valence-electron chi connectivity index (χ0n) is 13.3. The van der Waals surface area contributed by atoms with Gasteiger partial charge in [-0.2, -0.15) is 0 Å². The zero-order valence-corrected chi connectivity index (χ0v) is 13.3. The fraction of sp³-hybridized carbons (Fsp3) is 0.176. The van der Waals surface area contributed by atoms with E-state index in [4.69, 9.17) is 14.6 Å². The summed E-state index contributed by atoms with van der Waals surface area (Å²) in [5.74, 6) is 0.700. The molecular weight excluding hydrogens is 324 g/mol. The summed E-state index contributed by atoms with van der Waals surface area (Å²) < 4.78 is 12.3. The molecule has 1 aliphatic heterocycles. The van der Waals surface area contributed by atoms with Crippen LogP contribution < -0.4 is 9.47 Å². The molecule has 0 aliphatic carbocycles. The fourth-order valence-electron chi connectivity index (χ4n) is 2.66. The molecule has 0 atom stereocenters. The van der Waals surface area contributed by atoms with Gasteiger partial charge < -0.3 is 14.6 Å². The van der Waals surface area contributed by atoms with E-state index in [1.807, 2.05) is 19.1 Å². The second-order valence-electron chi connectivity index (χ2n) is 5.57. The Bertz CT molecular complexity index is 1010. The third-order valence-electron chi connectivity index (χ3n) is 3.82. The lowest BCUT2D eigenvalue weighted by molar-refractivity contribution is -0.136. The number of imidazole rings is 1. The minimum atomic E-state index is -0.972. The van der Waals surface area contributed by atoms with E-state index in [1.54, 1.807) is 28.8 Å². The third-order valence-corrected chi connectivity index (χ3v) is 3.82. The summed E-state index contributed by atoms with van der Waals surface area (Å²) in [4.78, 5) is 15.5. The lowest BCUT2D eigenvalue weighted by Crippen LogP contribution is -2.00. The van der Waals surface area contributed by atoms with Crippen LogP contribution in [0.25, 0.3) is 5.65 Å². The highest BCUT2D eigenvalue weighted by Crippen LogP contribution is 2.36. The van der Waals surface area contributed by atoms with E-state index < -0.39 is 5.97 Å². The molecule has 4 rings (SSSR count). The van der Waals surface area contributed by atoms with Crippen molar-refractivity contribution in [1.29, 1.82) is 0 Å². The van der Waals surface area contributed by atoms with Gasteiger partial charge in [0.2, 0.25) is 6.79 Å². The minimum Gasteiger partial charge on any atom is -0.481 e. The minimum absolute atomic E-state index is 0.186. The molecule has 8 nitrogen and oxygen atoms in total. The van der Waals surface area contributed by atoms with Gasteiger partial charge in [0.1, 0.15) is 5.65 Å². The average molecular weight is 338 g/mol. The SMILES string of the molecule is Cc1cccn2c(N=Nc3ccc4c(c3)OCO4)c(CC(=O)O)nc12. The van der Waals surface area contributed by atoms with Crippen LogP contribution in [-0.2, 0) is 11.2 Å². The van der Waals surface area contributed by atoms with E-state index >= 15 is 0 Å². The normalized spacial score (nSPS) is 13.0. The van der Waals surface area contributed by atoms with Crippen LogP contribution in [0.15, 0.2) is 46.8 Å². The molecule has 1 N–H and O–H groups in total. The Morgan fingerprint density at radius 1 is 1.28 bits per heavy atom. The summed E-state index contributed by atoms with van der Waals surface area (Å²) in [6, 6.07) is 8.99. The summed E-state index contributed by atoms with van der Waals surface area (Å²) in [7, 11) is 0. The number of aryl methyl sites for hydroxylation is 1. The smallest absolute Gasteiger partial charge is 0.309 e. The fourth-order valence-corrected chi connectivity index (χ4v) is 2.66. The largest absolute Gasteiger partial charge is 0.481 e. The molecule has 25 heavy (non-hydrogen) atoms. The molecule has 0 fully saturated rings. The van der Waals surface area contributed by atoms with Crippen LogP contribution in [-0.4, -0.2) is 27.3 Å². The molecular formula is C17H14N4O4. The highest BCUT2D eigenvalue weighted by molar-refractivity contribution is 5.72. The number of azo groups is 1. The van der Waals surface area contributed by atoms with Crippen molar-refractivity contribution in [3.63, 3.8) is 0 Å². The second-order valence-corrected chi connectivity index (χ2v) is 5.57. The van der Waals surface area contributed by atoms with Gasteiger partial charge in [0.05, 0.1) is 17.8 Å². The van der Waals surface area contributed by atoms with Crippen molar-refractivity contribution in [3.8, 4) is 11.5 Å². The third kappa shape index (κ3) is 2.78. The van der Waals surface area contributed by atoms with E-state index in [1.165, 1.54) is 0 Å². The zero-order chi connectivity index (χ0) is 17.4. The van der Waals surface area contributed by atoms with Gasteiger partial charge in [-0.1, -0.05) is 6.07 Å². The topological polar surface area (TPSA) is 97.8 Å². The summed E-state index contributed by atoms with van der Waals surface area (Å²) >= 11 is 0. The van der Waals surface area contributed by atoms with E-state index in [9.17, 15) is 4.79 Å². The highest BCUT2D eigenvalue weighted by Gasteiger charge is 2.17. The maximum Gasteiger partial charge on any atom is 0.309 e. The van der Waals surface area contributed by atoms with Gasteiger partial charge in [-0.05, 0) is 30.7 Å². The van der Waals surface area contributed by atoms with Crippen molar-refractivity contribution < 1.29 is 19.4 Å². The quantitative estimate of drug-likeness (QED) is 0.735. The summed E-state index contributed by atoms with van der Waals surface area (Å²) in [6.07, 6.45) is 1.56. The van der Waals surface area contributed by atoms with Crippen LogP contribution >= 0.6 is 0 Å². The van der Waals surface area contributed by atoms with E-state index in [0.717, 1.165) is 5.56 Å². The molecule has 3 aromatic rings. The van der Waals surface area contributed by atoms with Gasteiger partial charge in [0.25, 0.3) is 0 Å². The lowest BCUT2D eigenvalue weighted by Gasteiger charge is -1.99. The summed E-state index contributed by atoms with van der Waals surface area (Å²) in [5, 5.41) is 17.6. The van der Waals surface area contributed by atoms with Gasteiger partial charge in [0, 0.05) is 12.3 Å². The standard InChI is InChI=1S/C17H14N4O4/c1-10-3-2-6-21-16(10)18-12(8-15(22)23)17(21)20-19-11-4-5-13-14(7-11)25-9-24-13/h2-7H,8-9H2,1H3,(H,22,23). The molecule has 2 aromatic heterocycles. The number of fused-ring (bicyclic) bond motifs is 2. The average Bonchev–Trinajstić information content (AvgIpc) is 3.17. The first-order chi connectivity index (χ1) is 12.1. The number of rotatable bonds is 4. The molecule has 1 aromatic carbocycles. The molecule has 0 unspecified atom stereocenters. The first-order valence-corrected chi connectivity index (χ1v) is 7.61. The molecule has 0 bridgehead atoms. The number of carboxylic acid groups (broad SMARTS) is 1. The van der Waals surface area contributed by atoms with Crippen LogP contribution in [0.2, 0.25) is 0 Å². The highest BCUT2D eigenvalue weighted by atomic mass is 16.7. The molecule has 1 aliphatic rings. The van der Waals surface area contributed by atoms with Crippen molar-refractivity contribution >= 4 is 23.1 Å². The summed E-state index contributed by atoms with van der Waals surface area (Å²) in [5.41, 5.74) is 2.54. The number of hydrogen-bond acceptors (Lipinski definition) is 6. The van der Waals surface area contributed by atoms with Gasteiger partial charge in [-0.25, -0.2) is 4.98 Å². The summed E-state index contributed by atoms with van der Waals surface area (Å²) in [6.45, 7) is 2.09. The Balaban J connectivity index is 1.77. The Morgan fingerprint density at radius 3 is 2.96 bits per heavy atom. The number of benzene rings is 1. The molecule has 0 saturated carbocycles. The van der Waals surface area contributed by atoms with Crippen molar-refractivity contribution in [2.45, 2.75) is 13.3 Å². The van der Waals surface area contributed by atoms with E-state index in [0.29, 0.717) is 34.3 Å². The van der Waals surface area contributed by atoms with Gasteiger partial charge in [-0.3, -0.25) is 9.20 Å². The van der Waals surface area contributed by atoms with Crippen molar-refractivity contribution in [3.05, 3.63) is 47.8 Å². The molecule has 8 heteroatoms. The van der Waals surface area contributed by atoms with Crippen LogP contribution in [0.5, 0.6) is 11.5 Å². The lowest BCUT2D eigenvalue weighted by atomic mass is 10.3. The van der Waals surface area contributed by atoms with Crippen molar-refractivity contribution in [1.82, 2.24) is 9.38 Å². The van der Waals surface area contributed by atoms with Gasteiger partial charge in [-0.15, -0.1) is 10.2 Å². The van der Waals surface area contributed by atoms with Gasteiger partial charge >= 0.3 is 5.97 Å². The maximum absolute atomic E-state index is 11.1. The molecule has 0 radical (unpaired) electrons. The van der Waals surface area contributed by atoms with Crippen molar-refractivity contribution in [2.24, 2.45) is 10.2 Å². The number of carboxylic acids is 1. The van der Waals surface area contributed by atoms with Crippen LogP contribution in [0.3, 0.4) is 0 Å². The Hall–Kier alpha value is -3.42. The molecule has 0 spiro atoms. The number of carbonyl (C=O) groups is 1. The number of pyridine rings is 1. The molecule has 126 valence electrons. The Labute approximate surface area is 142 Å².